The second kappa shape index (κ2) is 11.8. The molecule has 0 saturated carbocycles. The fraction of sp³-hybridized carbons (Fsp3) is 0.471. The summed E-state index contributed by atoms with van der Waals surface area (Å²) in [5.74, 6) is -1.68. The molecule has 1 aromatic rings. The van der Waals surface area contributed by atoms with Gasteiger partial charge in [0, 0.05) is 0 Å². The van der Waals surface area contributed by atoms with E-state index in [4.69, 9.17) is 38.0 Å². The predicted octanol–water partition coefficient (Wildman–Crippen LogP) is 4.96. The summed E-state index contributed by atoms with van der Waals surface area (Å²) < 4.78 is 19.2. The fourth-order valence-corrected chi connectivity index (χ4v) is 4.07. The van der Waals surface area contributed by atoms with Crippen molar-refractivity contribution < 1.29 is 19.0 Å². The van der Waals surface area contributed by atoms with Crippen LogP contribution < -0.4 is 9.84 Å². The summed E-state index contributed by atoms with van der Waals surface area (Å²) in [6.45, 7) is 0.437. The Morgan fingerprint density at radius 1 is 1.12 bits per heavy atom. The molecule has 0 amide bonds. The molecule has 0 bridgehead atoms. The van der Waals surface area contributed by atoms with Gasteiger partial charge in [-0.25, -0.2) is 4.39 Å². The van der Waals surface area contributed by atoms with Crippen molar-refractivity contribution in [2.45, 2.75) is 44.6 Å². The first-order valence-electron chi connectivity index (χ1n) is 8.16. The van der Waals surface area contributed by atoms with Gasteiger partial charge >= 0.3 is 6.00 Å². The van der Waals surface area contributed by atoms with Crippen molar-refractivity contribution in [1.29, 1.82) is 0 Å². The number of unbranched alkanes of at least 4 members (excludes halogenated alkanes) is 5. The topological polar surface area (TPSA) is 49.4 Å². The van der Waals surface area contributed by atoms with E-state index >= 15 is 0 Å². The molecule has 0 aliphatic rings. The SMILES string of the molecule is O=C([O-])/C=C/c1ccc(OCCCCCCCC[Si](Cl)(Cl)Cl)c(F)c1. The number of carbonyl (C=O) groups is 1. The number of hydrogen-bond donors (Lipinski definition) is 0. The molecule has 0 fully saturated rings. The maximum absolute atomic E-state index is 13.8. The molecular formula is C17H21Cl3FO3Si-. The third-order valence-corrected chi connectivity index (χ3v) is 6.10. The fourth-order valence-electron chi connectivity index (χ4n) is 2.22. The Balaban J connectivity index is 2.17. The Morgan fingerprint density at radius 3 is 2.36 bits per heavy atom. The average molecular weight is 427 g/mol. The average Bonchev–Trinajstić information content (AvgIpc) is 2.51. The van der Waals surface area contributed by atoms with Gasteiger partial charge in [-0.05, 0) is 36.2 Å². The molecular weight excluding hydrogens is 406 g/mol. The number of carboxylic acid groups (broad SMARTS) is 1. The number of benzene rings is 1. The lowest BCUT2D eigenvalue weighted by Crippen LogP contribution is -2.18. The molecule has 0 heterocycles. The largest absolute Gasteiger partial charge is 0.545 e. The van der Waals surface area contributed by atoms with Gasteiger partial charge in [0.15, 0.2) is 11.6 Å². The molecule has 0 aliphatic heterocycles. The zero-order chi connectivity index (χ0) is 18.7. The highest BCUT2D eigenvalue weighted by Gasteiger charge is 2.23. The standard InChI is InChI=1S/C17H22Cl3FO3Si/c18-25(19,20)12-6-4-2-1-3-5-11-24-16-9-7-14(13-15(16)21)8-10-17(22)23/h7-10,13H,1-6,11-12H2,(H,22,23)/p-1/b10-8+. The van der Waals surface area contributed by atoms with Crippen molar-refractivity contribution in [1.82, 2.24) is 0 Å². The van der Waals surface area contributed by atoms with E-state index in [1.165, 1.54) is 18.2 Å². The highest BCUT2D eigenvalue weighted by atomic mass is 35.8. The van der Waals surface area contributed by atoms with Crippen LogP contribution in [-0.2, 0) is 4.79 Å². The molecule has 1 aromatic carbocycles. The van der Waals surface area contributed by atoms with Gasteiger partial charge in [0.2, 0.25) is 0 Å². The molecule has 1 rings (SSSR count). The highest BCUT2D eigenvalue weighted by molar-refractivity contribution is 7.64. The van der Waals surface area contributed by atoms with Crippen molar-refractivity contribution in [3.8, 4) is 5.75 Å². The van der Waals surface area contributed by atoms with E-state index in [0.717, 1.165) is 44.6 Å². The molecule has 8 heteroatoms. The summed E-state index contributed by atoms with van der Waals surface area (Å²) in [6.07, 6.45) is 8.12. The van der Waals surface area contributed by atoms with Crippen molar-refractivity contribution in [3.63, 3.8) is 0 Å². The van der Waals surface area contributed by atoms with Gasteiger partial charge in [-0.2, -0.15) is 0 Å². The van der Waals surface area contributed by atoms with Gasteiger partial charge in [-0.3, -0.25) is 0 Å². The van der Waals surface area contributed by atoms with Crippen molar-refractivity contribution in [3.05, 3.63) is 35.7 Å². The van der Waals surface area contributed by atoms with Gasteiger partial charge in [0.05, 0.1) is 12.6 Å². The minimum absolute atomic E-state index is 0.165. The maximum atomic E-state index is 13.8. The van der Waals surface area contributed by atoms with Crippen LogP contribution in [0.5, 0.6) is 5.75 Å². The van der Waals surface area contributed by atoms with Crippen LogP contribution in [0.15, 0.2) is 24.3 Å². The van der Waals surface area contributed by atoms with Gasteiger partial charge in [0.25, 0.3) is 0 Å². The third-order valence-electron chi connectivity index (χ3n) is 3.48. The Kier molecular flexibility index (Phi) is 10.5. The molecule has 0 aliphatic carbocycles. The lowest BCUT2D eigenvalue weighted by molar-refractivity contribution is -0.297. The Labute approximate surface area is 162 Å². The zero-order valence-electron chi connectivity index (χ0n) is 13.8. The first-order valence-corrected chi connectivity index (χ1v) is 13.4. The normalized spacial score (nSPS) is 11.8. The Bertz CT molecular complexity index is 577. The third kappa shape index (κ3) is 11.5. The molecule has 0 N–H and O–H groups in total. The number of hydrogen-bond acceptors (Lipinski definition) is 3. The molecule has 0 unspecified atom stereocenters. The van der Waals surface area contributed by atoms with Crippen LogP contribution in [-0.4, -0.2) is 18.6 Å². The smallest absolute Gasteiger partial charge is 0.341 e. The van der Waals surface area contributed by atoms with E-state index in [1.807, 2.05) is 0 Å². The molecule has 0 atom stereocenters. The summed E-state index contributed by atoms with van der Waals surface area (Å²) in [5, 5.41) is 10.3. The number of ether oxygens (including phenoxy) is 1. The van der Waals surface area contributed by atoms with Crippen LogP contribution in [0.25, 0.3) is 6.08 Å². The van der Waals surface area contributed by atoms with Crippen LogP contribution in [0.1, 0.15) is 44.1 Å². The van der Waals surface area contributed by atoms with Crippen molar-refractivity contribution >= 4 is 51.3 Å². The minimum atomic E-state index is -2.47. The molecule has 0 radical (unpaired) electrons. The lowest BCUT2D eigenvalue weighted by Gasteiger charge is -2.08. The molecule has 0 aromatic heterocycles. The van der Waals surface area contributed by atoms with Crippen LogP contribution >= 0.6 is 33.2 Å². The minimum Gasteiger partial charge on any atom is -0.545 e. The van der Waals surface area contributed by atoms with Gasteiger partial charge in [-0.1, -0.05) is 44.2 Å². The van der Waals surface area contributed by atoms with E-state index in [0.29, 0.717) is 18.2 Å². The van der Waals surface area contributed by atoms with E-state index < -0.39 is 17.8 Å². The second-order valence-electron chi connectivity index (χ2n) is 5.68. The molecule has 25 heavy (non-hydrogen) atoms. The first-order chi connectivity index (χ1) is 11.8. The summed E-state index contributed by atoms with van der Waals surface area (Å²) >= 11 is 17.4. The number of aliphatic carboxylic acids is 1. The summed E-state index contributed by atoms with van der Waals surface area (Å²) in [7, 11) is 0. The van der Waals surface area contributed by atoms with E-state index in [2.05, 4.69) is 0 Å². The number of carboxylic acids is 1. The van der Waals surface area contributed by atoms with Crippen molar-refractivity contribution in [2.24, 2.45) is 0 Å². The number of halogens is 4. The van der Waals surface area contributed by atoms with Gasteiger partial charge < -0.3 is 14.6 Å². The predicted molar refractivity (Wildman–Crippen MR) is 102 cm³/mol. The summed E-state index contributed by atoms with van der Waals surface area (Å²) in [4.78, 5) is 10.3. The Morgan fingerprint density at radius 2 is 1.76 bits per heavy atom. The number of rotatable bonds is 12. The summed E-state index contributed by atoms with van der Waals surface area (Å²) in [5.41, 5.74) is 0.437. The highest BCUT2D eigenvalue weighted by Crippen LogP contribution is 2.27. The van der Waals surface area contributed by atoms with Crippen molar-refractivity contribution in [2.75, 3.05) is 6.61 Å². The first kappa shape index (κ1) is 22.3. The molecule has 0 spiro atoms. The van der Waals surface area contributed by atoms with E-state index in [9.17, 15) is 14.3 Å². The van der Waals surface area contributed by atoms with Gasteiger partial charge in [-0.15, -0.1) is 33.2 Å². The Hall–Kier alpha value is -0.753. The summed E-state index contributed by atoms with van der Waals surface area (Å²) in [6, 6.07) is 2.54. The molecule has 3 nitrogen and oxygen atoms in total. The van der Waals surface area contributed by atoms with E-state index in [1.54, 1.807) is 6.07 Å². The van der Waals surface area contributed by atoms with Gasteiger partial charge in [0.1, 0.15) is 0 Å². The van der Waals surface area contributed by atoms with Crippen LogP contribution in [0.4, 0.5) is 4.39 Å². The molecule has 140 valence electrons. The monoisotopic (exact) mass is 425 g/mol. The number of carbonyl (C=O) groups excluding carboxylic acids is 1. The van der Waals surface area contributed by atoms with E-state index in [-0.39, 0.29) is 5.75 Å². The zero-order valence-corrected chi connectivity index (χ0v) is 17.0. The van der Waals surface area contributed by atoms with Crippen LogP contribution in [0.3, 0.4) is 0 Å². The van der Waals surface area contributed by atoms with Crippen LogP contribution in [0, 0.1) is 5.82 Å². The maximum Gasteiger partial charge on any atom is 0.341 e. The molecule has 0 saturated heterocycles. The second-order valence-corrected chi connectivity index (χ2v) is 15.0. The quantitative estimate of drug-likeness (QED) is 0.205. The van der Waals surface area contributed by atoms with Crippen LogP contribution in [0.2, 0.25) is 6.04 Å². The lowest BCUT2D eigenvalue weighted by atomic mass is 10.1.